The molecule has 0 radical (unpaired) electrons. The van der Waals surface area contributed by atoms with E-state index in [2.05, 4.69) is 21.2 Å². The van der Waals surface area contributed by atoms with E-state index in [1.807, 2.05) is 0 Å². The molecule has 0 aromatic heterocycles. The summed E-state index contributed by atoms with van der Waals surface area (Å²) >= 11 is 3.27. The van der Waals surface area contributed by atoms with Crippen molar-refractivity contribution < 1.29 is 17.6 Å². The number of rotatable bonds is 6. The summed E-state index contributed by atoms with van der Waals surface area (Å²) in [5, 5.41) is 2.43. The maximum Gasteiger partial charge on any atom is 0.235 e. The van der Waals surface area contributed by atoms with Crippen molar-refractivity contribution in [1.82, 2.24) is 5.32 Å². The smallest absolute Gasteiger partial charge is 0.235 e. The monoisotopic (exact) mass is 399 g/mol. The van der Waals surface area contributed by atoms with Crippen LogP contribution in [0.5, 0.6) is 0 Å². The van der Waals surface area contributed by atoms with Gasteiger partial charge in [-0.3, -0.25) is 4.79 Å². The van der Waals surface area contributed by atoms with E-state index in [9.17, 15) is 17.6 Å². The highest BCUT2D eigenvalue weighted by molar-refractivity contribution is 9.10. The average Bonchev–Trinajstić information content (AvgIpc) is 2.45. The number of hydrogen-bond acceptors (Lipinski definition) is 3. The predicted octanol–water partition coefficient (Wildman–Crippen LogP) is 2.82. The summed E-state index contributed by atoms with van der Waals surface area (Å²) in [7, 11) is -3.59. The first-order valence-corrected chi connectivity index (χ1v) is 9.42. The number of carbonyl (C=O) groups excluding carboxylic acids is 1. The van der Waals surface area contributed by atoms with Gasteiger partial charge in [0.15, 0.2) is 9.84 Å². The quantitative estimate of drug-likeness (QED) is 0.811. The van der Waals surface area contributed by atoms with Crippen LogP contribution in [0.1, 0.15) is 11.1 Å². The van der Waals surface area contributed by atoms with Crippen molar-refractivity contribution in [1.29, 1.82) is 0 Å². The third kappa shape index (κ3) is 5.76. The van der Waals surface area contributed by atoms with E-state index in [-0.39, 0.29) is 12.3 Å². The first-order valence-electron chi connectivity index (χ1n) is 6.81. The van der Waals surface area contributed by atoms with E-state index in [1.165, 1.54) is 12.1 Å². The van der Waals surface area contributed by atoms with Crippen LogP contribution in [-0.4, -0.2) is 20.1 Å². The summed E-state index contributed by atoms with van der Waals surface area (Å²) in [6.07, 6.45) is 0. The van der Waals surface area contributed by atoms with Crippen LogP contribution in [0.2, 0.25) is 0 Å². The van der Waals surface area contributed by atoms with E-state index in [0.717, 1.165) is 4.47 Å². The van der Waals surface area contributed by atoms with Gasteiger partial charge in [-0.25, -0.2) is 12.8 Å². The lowest BCUT2D eigenvalue weighted by molar-refractivity contribution is -0.118. The zero-order valence-electron chi connectivity index (χ0n) is 12.1. The fourth-order valence-electron chi connectivity index (χ4n) is 2.02. The van der Waals surface area contributed by atoms with Gasteiger partial charge in [-0.1, -0.05) is 46.3 Å². The van der Waals surface area contributed by atoms with Crippen LogP contribution in [0.4, 0.5) is 4.39 Å². The van der Waals surface area contributed by atoms with Gasteiger partial charge in [0.1, 0.15) is 11.6 Å². The number of halogens is 2. The maximum absolute atomic E-state index is 13.4. The van der Waals surface area contributed by atoms with Gasteiger partial charge in [-0.15, -0.1) is 0 Å². The molecule has 0 heterocycles. The fraction of sp³-hybridized carbons (Fsp3) is 0.188. The van der Waals surface area contributed by atoms with Crippen LogP contribution >= 0.6 is 15.9 Å². The highest BCUT2D eigenvalue weighted by Crippen LogP contribution is 2.14. The summed E-state index contributed by atoms with van der Waals surface area (Å²) in [5.74, 6) is -1.94. The molecule has 4 nitrogen and oxygen atoms in total. The van der Waals surface area contributed by atoms with E-state index in [1.54, 1.807) is 36.4 Å². The second-order valence-electron chi connectivity index (χ2n) is 5.03. The Labute approximate surface area is 142 Å². The molecule has 0 aliphatic heterocycles. The molecule has 7 heteroatoms. The van der Waals surface area contributed by atoms with Gasteiger partial charge < -0.3 is 5.32 Å². The molecule has 0 atom stereocenters. The van der Waals surface area contributed by atoms with Gasteiger partial charge in [0, 0.05) is 16.6 Å². The standard InChI is InChI=1S/C16H15BrFNO3S/c17-14-6-3-4-12(8-14)10-23(21,22)11-16(20)19-9-13-5-1-2-7-15(13)18/h1-8H,9-11H2,(H,19,20). The normalized spacial score (nSPS) is 11.2. The molecule has 0 saturated heterocycles. The van der Waals surface area contributed by atoms with Crippen LogP contribution in [0.3, 0.4) is 0 Å². The molecule has 0 aliphatic carbocycles. The van der Waals surface area contributed by atoms with Crippen LogP contribution in [0.15, 0.2) is 53.0 Å². The summed E-state index contributed by atoms with van der Waals surface area (Å²) < 4.78 is 38.3. The zero-order valence-corrected chi connectivity index (χ0v) is 14.5. The van der Waals surface area contributed by atoms with Crippen LogP contribution < -0.4 is 5.32 Å². The fourth-order valence-corrected chi connectivity index (χ4v) is 3.76. The van der Waals surface area contributed by atoms with Crippen molar-refractivity contribution in [2.75, 3.05) is 5.75 Å². The van der Waals surface area contributed by atoms with Crippen molar-refractivity contribution in [2.45, 2.75) is 12.3 Å². The molecule has 2 aromatic rings. The molecule has 0 saturated carbocycles. The van der Waals surface area contributed by atoms with Crippen LogP contribution in [0, 0.1) is 5.82 Å². The molecule has 0 bridgehead atoms. The molecule has 1 amide bonds. The molecular formula is C16H15BrFNO3S. The average molecular weight is 400 g/mol. The minimum Gasteiger partial charge on any atom is -0.351 e. The number of benzene rings is 2. The minimum atomic E-state index is -3.59. The first-order chi connectivity index (χ1) is 10.9. The summed E-state index contributed by atoms with van der Waals surface area (Å²) in [6.45, 7) is -0.0437. The molecule has 122 valence electrons. The Morgan fingerprint density at radius 3 is 2.57 bits per heavy atom. The second-order valence-corrected chi connectivity index (χ2v) is 8.01. The Hall–Kier alpha value is -1.73. The Bertz CT molecular complexity index is 808. The number of amides is 1. The molecule has 23 heavy (non-hydrogen) atoms. The summed E-state index contributed by atoms with van der Waals surface area (Å²) in [6, 6.07) is 12.9. The maximum atomic E-state index is 13.4. The molecule has 0 aliphatic rings. The van der Waals surface area contributed by atoms with Crippen molar-refractivity contribution in [3.8, 4) is 0 Å². The lowest BCUT2D eigenvalue weighted by atomic mass is 10.2. The van der Waals surface area contributed by atoms with E-state index in [4.69, 9.17) is 0 Å². The molecule has 0 fully saturated rings. The van der Waals surface area contributed by atoms with Gasteiger partial charge in [0.25, 0.3) is 0 Å². The molecule has 2 aromatic carbocycles. The van der Waals surface area contributed by atoms with E-state index in [0.29, 0.717) is 11.1 Å². The lowest BCUT2D eigenvalue weighted by Gasteiger charge is -2.07. The minimum absolute atomic E-state index is 0.0437. The van der Waals surface area contributed by atoms with Gasteiger partial charge in [-0.2, -0.15) is 0 Å². The third-order valence-corrected chi connectivity index (χ3v) is 5.03. The Morgan fingerprint density at radius 2 is 1.87 bits per heavy atom. The Balaban J connectivity index is 1.92. The number of sulfone groups is 1. The van der Waals surface area contributed by atoms with Gasteiger partial charge in [0.05, 0.1) is 5.75 Å². The van der Waals surface area contributed by atoms with Crippen molar-refractivity contribution in [3.63, 3.8) is 0 Å². The van der Waals surface area contributed by atoms with E-state index >= 15 is 0 Å². The Morgan fingerprint density at radius 1 is 1.13 bits per heavy atom. The summed E-state index contributed by atoms with van der Waals surface area (Å²) in [5.41, 5.74) is 0.909. The third-order valence-electron chi connectivity index (χ3n) is 3.06. The van der Waals surface area contributed by atoms with Crippen molar-refractivity contribution in [2.24, 2.45) is 0 Å². The first kappa shape index (κ1) is 17.6. The van der Waals surface area contributed by atoms with Gasteiger partial charge in [0.2, 0.25) is 5.91 Å². The molecule has 0 unspecified atom stereocenters. The van der Waals surface area contributed by atoms with Crippen molar-refractivity contribution >= 4 is 31.7 Å². The predicted molar refractivity (Wildman–Crippen MR) is 89.9 cm³/mol. The van der Waals surface area contributed by atoms with Gasteiger partial charge >= 0.3 is 0 Å². The van der Waals surface area contributed by atoms with Crippen LogP contribution in [0.25, 0.3) is 0 Å². The molecule has 0 spiro atoms. The molecule has 2 rings (SSSR count). The van der Waals surface area contributed by atoms with Crippen LogP contribution in [-0.2, 0) is 26.9 Å². The molecule has 1 N–H and O–H groups in total. The number of hydrogen-bond donors (Lipinski definition) is 1. The topological polar surface area (TPSA) is 63.2 Å². The van der Waals surface area contributed by atoms with Crippen molar-refractivity contribution in [3.05, 3.63) is 69.9 Å². The molecular weight excluding hydrogens is 385 g/mol. The zero-order chi connectivity index (χ0) is 16.9. The highest BCUT2D eigenvalue weighted by atomic mass is 79.9. The summed E-state index contributed by atoms with van der Waals surface area (Å²) in [4.78, 5) is 11.8. The highest BCUT2D eigenvalue weighted by Gasteiger charge is 2.17. The second kappa shape index (κ2) is 7.70. The Kier molecular flexibility index (Phi) is 5.90. The number of nitrogens with one attached hydrogen (secondary N) is 1. The largest absolute Gasteiger partial charge is 0.351 e. The number of carbonyl (C=O) groups is 1. The lowest BCUT2D eigenvalue weighted by Crippen LogP contribution is -2.30. The van der Waals surface area contributed by atoms with Gasteiger partial charge in [-0.05, 0) is 23.8 Å². The SMILES string of the molecule is O=C(CS(=O)(=O)Cc1cccc(Br)c1)NCc1ccccc1F. The van der Waals surface area contributed by atoms with E-state index < -0.39 is 27.3 Å².